The molecule has 0 radical (unpaired) electrons. The molecule has 1 fully saturated rings. The molecule has 0 saturated carbocycles. The number of halogens is 3. The SMILES string of the molecule is Cc1cc(F)c(F)c(C[C@H](C)Nc2cc[nH]c(=O)c2-c2nc3cc4c(cc3[nH]2)CN(CCN2CCCC2)C4=O)c1F. The second-order valence-corrected chi connectivity index (χ2v) is 11.0. The maximum Gasteiger partial charge on any atom is 0.261 e. The fourth-order valence-corrected chi connectivity index (χ4v) is 5.88. The monoisotopic (exact) mass is 564 g/mol. The number of carbonyl (C=O) groups is 1. The molecular weight excluding hydrogens is 533 g/mol. The first-order valence-corrected chi connectivity index (χ1v) is 13.9. The molecule has 4 aromatic rings. The maximum absolute atomic E-state index is 14.6. The number of nitrogens with one attached hydrogen (secondary N) is 3. The number of hydrogen-bond acceptors (Lipinski definition) is 5. The number of H-pyrrole nitrogens is 2. The number of hydrogen-bond donors (Lipinski definition) is 3. The molecule has 4 heterocycles. The summed E-state index contributed by atoms with van der Waals surface area (Å²) in [5.41, 5.74) is 2.61. The van der Waals surface area contributed by atoms with E-state index in [2.05, 4.69) is 25.2 Å². The van der Waals surface area contributed by atoms with Crippen LogP contribution in [0.4, 0.5) is 18.9 Å². The van der Waals surface area contributed by atoms with E-state index in [-0.39, 0.29) is 34.8 Å². The van der Waals surface area contributed by atoms with Crippen molar-refractivity contribution < 1.29 is 18.0 Å². The maximum atomic E-state index is 14.6. The van der Waals surface area contributed by atoms with Crippen molar-refractivity contribution in [2.75, 3.05) is 31.5 Å². The largest absolute Gasteiger partial charge is 0.381 e. The Bertz CT molecular complexity index is 1680. The van der Waals surface area contributed by atoms with Crippen molar-refractivity contribution in [1.82, 2.24) is 24.8 Å². The van der Waals surface area contributed by atoms with Crippen LogP contribution in [0.2, 0.25) is 0 Å². The number of pyridine rings is 1. The van der Waals surface area contributed by atoms with Crippen LogP contribution in [0.3, 0.4) is 0 Å². The van der Waals surface area contributed by atoms with E-state index in [1.54, 1.807) is 19.1 Å². The molecule has 2 aromatic carbocycles. The van der Waals surface area contributed by atoms with Gasteiger partial charge in [0.2, 0.25) is 0 Å². The molecule has 2 aliphatic heterocycles. The molecule has 0 aliphatic carbocycles. The topological polar surface area (TPSA) is 97.1 Å². The van der Waals surface area contributed by atoms with Crippen molar-refractivity contribution in [3.8, 4) is 11.4 Å². The minimum absolute atomic E-state index is 0.0188. The number of likely N-dealkylation sites (tertiary alicyclic amines) is 1. The molecule has 11 heteroatoms. The van der Waals surface area contributed by atoms with Crippen LogP contribution in [-0.4, -0.2) is 62.9 Å². The first-order chi connectivity index (χ1) is 19.7. The molecule has 1 saturated heterocycles. The summed E-state index contributed by atoms with van der Waals surface area (Å²) in [6.45, 7) is 7.29. The van der Waals surface area contributed by atoms with Gasteiger partial charge in [-0.3, -0.25) is 9.59 Å². The summed E-state index contributed by atoms with van der Waals surface area (Å²) < 4.78 is 42.9. The summed E-state index contributed by atoms with van der Waals surface area (Å²) >= 11 is 0. The van der Waals surface area contributed by atoms with Gasteiger partial charge in [0, 0.05) is 43.0 Å². The average Bonchev–Trinajstić information content (AvgIpc) is 3.67. The number of fused-ring (bicyclic) bond motifs is 2. The summed E-state index contributed by atoms with van der Waals surface area (Å²) in [6, 6.07) is 5.56. The van der Waals surface area contributed by atoms with Gasteiger partial charge in [-0.2, -0.15) is 0 Å². The van der Waals surface area contributed by atoms with Crippen molar-refractivity contribution in [2.24, 2.45) is 0 Å². The van der Waals surface area contributed by atoms with E-state index >= 15 is 0 Å². The van der Waals surface area contributed by atoms with E-state index in [0.717, 1.165) is 31.3 Å². The molecule has 0 bridgehead atoms. The van der Waals surface area contributed by atoms with Crippen molar-refractivity contribution in [3.05, 3.63) is 80.5 Å². The number of nitrogens with zero attached hydrogens (tertiary/aromatic N) is 3. The molecule has 6 rings (SSSR count). The fourth-order valence-electron chi connectivity index (χ4n) is 5.88. The van der Waals surface area contributed by atoms with Crippen molar-refractivity contribution >= 4 is 22.6 Å². The Labute approximate surface area is 234 Å². The lowest BCUT2D eigenvalue weighted by molar-refractivity contribution is 0.0763. The Hall–Kier alpha value is -4.12. The number of aryl methyl sites for hydroxylation is 1. The van der Waals surface area contributed by atoms with E-state index < -0.39 is 29.1 Å². The number of carbonyl (C=O) groups excluding carboxylic acids is 1. The highest BCUT2D eigenvalue weighted by atomic mass is 19.2. The van der Waals surface area contributed by atoms with Gasteiger partial charge in [0.25, 0.3) is 11.5 Å². The van der Waals surface area contributed by atoms with E-state index in [9.17, 15) is 22.8 Å². The van der Waals surface area contributed by atoms with Crippen LogP contribution in [0.5, 0.6) is 0 Å². The third-order valence-corrected chi connectivity index (χ3v) is 8.01. The molecule has 3 N–H and O–H groups in total. The smallest absolute Gasteiger partial charge is 0.261 e. The number of rotatable bonds is 8. The van der Waals surface area contributed by atoms with Crippen molar-refractivity contribution in [1.29, 1.82) is 0 Å². The van der Waals surface area contributed by atoms with E-state index in [1.807, 2.05) is 11.0 Å². The van der Waals surface area contributed by atoms with Gasteiger partial charge in [0.15, 0.2) is 11.6 Å². The zero-order chi connectivity index (χ0) is 28.8. The minimum atomic E-state index is -1.22. The highest BCUT2D eigenvalue weighted by Crippen LogP contribution is 2.31. The van der Waals surface area contributed by atoms with Gasteiger partial charge >= 0.3 is 0 Å². The van der Waals surface area contributed by atoms with E-state index in [1.165, 1.54) is 26.0 Å². The van der Waals surface area contributed by atoms with Crippen LogP contribution >= 0.6 is 0 Å². The van der Waals surface area contributed by atoms with E-state index in [0.29, 0.717) is 35.4 Å². The van der Waals surface area contributed by atoms with Crippen LogP contribution in [0.1, 0.15) is 46.8 Å². The third kappa shape index (κ3) is 5.10. The van der Waals surface area contributed by atoms with Crippen molar-refractivity contribution in [2.45, 2.75) is 45.7 Å². The molecule has 0 spiro atoms. The molecule has 1 amide bonds. The second kappa shape index (κ2) is 10.7. The van der Waals surface area contributed by atoms with Crippen LogP contribution in [0, 0.1) is 24.4 Å². The van der Waals surface area contributed by atoms with E-state index in [4.69, 9.17) is 0 Å². The summed E-state index contributed by atoms with van der Waals surface area (Å²) in [5, 5.41) is 3.13. The quantitative estimate of drug-likeness (QED) is 0.269. The van der Waals surface area contributed by atoms with Gasteiger partial charge in [0.1, 0.15) is 17.2 Å². The van der Waals surface area contributed by atoms with Gasteiger partial charge < -0.3 is 25.1 Å². The second-order valence-electron chi connectivity index (χ2n) is 11.0. The summed E-state index contributed by atoms with van der Waals surface area (Å²) in [5.74, 6) is -2.85. The molecule has 41 heavy (non-hydrogen) atoms. The van der Waals surface area contributed by atoms with Crippen LogP contribution in [-0.2, 0) is 13.0 Å². The Morgan fingerprint density at radius 1 is 1.07 bits per heavy atom. The molecule has 214 valence electrons. The molecule has 1 atom stereocenters. The van der Waals surface area contributed by atoms with Gasteiger partial charge in [-0.25, -0.2) is 18.2 Å². The number of aromatic nitrogens is 3. The third-order valence-electron chi connectivity index (χ3n) is 8.01. The normalized spacial score (nSPS) is 16.1. The number of imidazole rings is 1. The zero-order valence-electron chi connectivity index (χ0n) is 22.9. The average molecular weight is 565 g/mol. The molecule has 0 unspecified atom stereocenters. The van der Waals surface area contributed by atoms with Gasteiger partial charge in [0.05, 0.1) is 16.7 Å². The highest BCUT2D eigenvalue weighted by Gasteiger charge is 2.29. The first kappa shape index (κ1) is 27.1. The predicted molar refractivity (Wildman–Crippen MR) is 150 cm³/mol. The summed E-state index contributed by atoms with van der Waals surface area (Å²) in [6.07, 6.45) is 3.72. The van der Waals surface area contributed by atoms with Crippen LogP contribution in [0.15, 0.2) is 35.3 Å². The molecule has 8 nitrogen and oxygen atoms in total. The summed E-state index contributed by atoms with van der Waals surface area (Å²) in [4.78, 5) is 40.8. The Kier molecular flexibility index (Phi) is 7.06. The Morgan fingerprint density at radius 3 is 2.63 bits per heavy atom. The lowest BCUT2D eigenvalue weighted by Crippen LogP contribution is -2.33. The number of amides is 1. The van der Waals surface area contributed by atoms with Gasteiger partial charge in [-0.05, 0) is 81.6 Å². The fraction of sp³-hybridized carbons (Fsp3) is 0.367. The number of benzene rings is 2. The Morgan fingerprint density at radius 2 is 1.85 bits per heavy atom. The lowest BCUT2D eigenvalue weighted by Gasteiger charge is -2.20. The Balaban J connectivity index is 1.24. The molecule has 2 aliphatic rings. The number of aromatic amines is 2. The van der Waals surface area contributed by atoms with Crippen LogP contribution in [0.25, 0.3) is 22.4 Å². The first-order valence-electron chi connectivity index (χ1n) is 13.9. The predicted octanol–water partition coefficient (Wildman–Crippen LogP) is 4.74. The van der Waals surface area contributed by atoms with Gasteiger partial charge in [-0.1, -0.05) is 0 Å². The van der Waals surface area contributed by atoms with Crippen LogP contribution < -0.4 is 10.9 Å². The number of anilines is 1. The lowest BCUT2D eigenvalue weighted by atomic mass is 10.0. The standard InChI is InChI=1S/C30H31F3N6O2/c1-16-11-21(31)27(33)20(26(16)32)12-17(2)35-22-5-6-34-29(40)25(22)28-36-23-13-18-15-39(10-9-38-7-3-4-8-38)30(41)19(18)14-24(23)37-28/h5-6,11,13-14,17H,3-4,7-10,12,15H2,1-2H3,(H,36,37)(H2,34,35,40)/t17-/m0/s1. The zero-order valence-corrected chi connectivity index (χ0v) is 22.9. The molecule has 2 aromatic heterocycles. The van der Waals surface area contributed by atoms with Crippen molar-refractivity contribution in [3.63, 3.8) is 0 Å². The highest BCUT2D eigenvalue weighted by molar-refractivity contribution is 6.02. The molecular formula is C30H31F3N6O2. The summed E-state index contributed by atoms with van der Waals surface area (Å²) in [7, 11) is 0. The van der Waals surface area contributed by atoms with Gasteiger partial charge in [-0.15, -0.1) is 0 Å². The minimum Gasteiger partial charge on any atom is -0.381 e.